The van der Waals surface area contributed by atoms with Crippen molar-refractivity contribution < 1.29 is 0 Å². The van der Waals surface area contributed by atoms with Crippen molar-refractivity contribution in [1.29, 1.82) is 0 Å². The number of hydrogen-bond donors (Lipinski definition) is 1. The van der Waals surface area contributed by atoms with Gasteiger partial charge in [0.1, 0.15) is 0 Å². The van der Waals surface area contributed by atoms with Gasteiger partial charge in [-0.2, -0.15) is 0 Å². The van der Waals surface area contributed by atoms with Crippen LogP contribution in [0.4, 0.5) is 0 Å². The van der Waals surface area contributed by atoms with Crippen molar-refractivity contribution in [3.8, 4) is 0 Å². The third-order valence-electron chi connectivity index (χ3n) is 2.34. The molecule has 2 heterocycles. The first kappa shape index (κ1) is 11.6. The van der Waals surface area contributed by atoms with Crippen LogP contribution >= 0.6 is 23.1 Å². The highest BCUT2D eigenvalue weighted by molar-refractivity contribution is 7.99. The number of nitrogens with zero attached hydrogens (tertiary/aromatic N) is 1. The number of hydrogen-bond acceptors (Lipinski definition) is 4. The zero-order valence-corrected chi connectivity index (χ0v) is 10.7. The molecular weight excluding hydrogens is 236 g/mol. The Morgan fingerprint density at radius 1 is 1.38 bits per heavy atom. The molecule has 84 valence electrons. The van der Waals surface area contributed by atoms with Crippen molar-refractivity contribution in [1.82, 2.24) is 4.98 Å². The Hall–Kier alpha value is -0.840. The lowest BCUT2D eigenvalue weighted by Gasteiger charge is -2.13. The first-order chi connectivity index (χ1) is 7.81. The normalized spacial score (nSPS) is 12.6. The lowest BCUT2D eigenvalue weighted by Crippen LogP contribution is -2.08. The van der Waals surface area contributed by atoms with Crippen molar-refractivity contribution in [2.75, 3.05) is 6.54 Å². The molecule has 0 amide bonds. The van der Waals surface area contributed by atoms with Gasteiger partial charge in [-0.05, 0) is 36.1 Å². The van der Waals surface area contributed by atoms with Gasteiger partial charge in [0, 0.05) is 28.7 Å². The molecule has 0 aliphatic heterocycles. The Morgan fingerprint density at radius 3 is 2.69 bits per heavy atom. The van der Waals surface area contributed by atoms with Crippen LogP contribution < -0.4 is 5.73 Å². The molecule has 0 bridgehead atoms. The summed E-state index contributed by atoms with van der Waals surface area (Å²) in [5.41, 5.74) is 7.19. The van der Waals surface area contributed by atoms with Gasteiger partial charge in [0.2, 0.25) is 0 Å². The number of thiophene rings is 1. The molecule has 0 aliphatic rings. The minimum absolute atomic E-state index is 0.349. The minimum Gasteiger partial charge on any atom is -0.329 e. The van der Waals surface area contributed by atoms with Crippen LogP contribution in [0.2, 0.25) is 0 Å². The summed E-state index contributed by atoms with van der Waals surface area (Å²) in [5, 5.41) is 2.47. The largest absolute Gasteiger partial charge is 0.329 e. The predicted molar refractivity (Wildman–Crippen MR) is 70.9 cm³/mol. The Balaban J connectivity index is 2.16. The van der Waals surface area contributed by atoms with Crippen LogP contribution in [0.15, 0.2) is 40.9 Å². The highest BCUT2D eigenvalue weighted by Crippen LogP contribution is 2.38. The van der Waals surface area contributed by atoms with Crippen LogP contribution in [0, 0.1) is 6.92 Å². The summed E-state index contributed by atoms with van der Waals surface area (Å²) < 4.78 is 0. The molecule has 1 atom stereocenters. The molecule has 2 nitrogen and oxygen atoms in total. The van der Waals surface area contributed by atoms with E-state index in [1.807, 2.05) is 24.5 Å². The Morgan fingerprint density at radius 2 is 2.12 bits per heavy atom. The smallest absolute Gasteiger partial charge is 0.0563 e. The van der Waals surface area contributed by atoms with Crippen LogP contribution in [0.5, 0.6) is 0 Å². The number of aromatic nitrogens is 1. The molecule has 0 fully saturated rings. The summed E-state index contributed by atoms with van der Waals surface area (Å²) >= 11 is 3.59. The van der Waals surface area contributed by atoms with E-state index in [9.17, 15) is 0 Å². The maximum absolute atomic E-state index is 5.85. The summed E-state index contributed by atoms with van der Waals surface area (Å²) in [4.78, 5) is 6.62. The number of rotatable bonds is 4. The van der Waals surface area contributed by atoms with Gasteiger partial charge in [-0.3, -0.25) is 4.98 Å². The quantitative estimate of drug-likeness (QED) is 0.847. The molecule has 0 aliphatic carbocycles. The van der Waals surface area contributed by atoms with Gasteiger partial charge in [0.05, 0.1) is 5.25 Å². The summed E-state index contributed by atoms with van der Waals surface area (Å²) in [6.45, 7) is 2.80. The summed E-state index contributed by atoms with van der Waals surface area (Å²) in [6, 6.07) is 6.20. The lowest BCUT2D eigenvalue weighted by atomic mass is 10.2. The fraction of sp³-hybridized carbons (Fsp3) is 0.250. The third kappa shape index (κ3) is 2.64. The molecule has 1 unspecified atom stereocenters. The van der Waals surface area contributed by atoms with Crippen LogP contribution in [0.3, 0.4) is 0 Å². The zero-order chi connectivity index (χ0) is 11.4. The maximum Gasteiger partial charge on any atom is 0.0563 e. The lowest BCUT2D eigenvalue weighted by molar-refractivity contribution is 0.952. The second-order valence-electron chi connectivity index (χ2n) is 3.49. The SMILES string of the molecule is Cc1ccsc1C(CN)Sc1ccncc1. The third-order valence-corrected chi connectivity index (χ3v) is 4.88. The van der Waals surface area contributed by atoms with Crippen molar-refractivity contribution >= 4 is 23.1 Å². The summed E-state index contributed by atoms with van der Waals surface area (Å²) in [5.74, 6) is 0. The van der Waals surface area contributed by atoms with E-state index in [1.165, 1.54) is 15.3 Å². The first-order valence-corrected chi connectivity index (χ1v) is 6.88. The van der Waals surface area contributed by atoms with E-state index in [1.54, 1.807) is 23.1 Å². The average Bonchev–Trinajstić information content (AvgIpc) is 2.74. The molecule has 2 N–H and O–H groups in total. The molecule has 0 saturated carbocycles. The zero-order valence-electron chi connectivity index (χ0n) is 9.09. The molecule has 2 rings (SSSR count). The second kappa shape index (κ2) is 5.48. The molecule has 0 spiro atoms. The molecule has 2 aromatic heterocycles. The fourth-order valence-corrected chi connectivity index (χ4v) is 3.73. The monoisotopic (exact) mass is 250 g/mol. The number of nitrogens with two attached hydrogens (primary N) is 1. The maximum atomic E-state index is 5.85. The number of thioether (sulfide) groups is 1. The average molecular weight is 250 g/mol. The fourth-order valence-electron chi connectivity index (χ4n) is 1.50. The van der Waals surface area contributed by atoms with E-state index in [4.69, 9.17) is 5.73 Å². The molecular formula is C12H14N2S2. The van der Waals surface area contributed by atoms with Gasteiger partial charge >= 0.3 is 0 Å². The van der Waals surface area contributed by atoms with Crippen LogP contribution in [-0.4, -0.2) is 11.5 Å². The van der Waals surface area contributed by atoms with Gasteiger partial charge in [0.15, 0.2) is 0 Å². The van der Waals surface area contributed by atoms with Gasteiger partial charge in [0.25, 0.3) is 0 Å². The second-order valence-corrected chi connectivity index (χ2v) is 5.72. The summed E-state index contributed by atoms with van der Waals surface area (Å²) in [7, 11) is 0. The van der Waals surface area contributed by atoms with Gasteiger partial charge in [-0.1, -0.05) is 0 Å². The van der Waals surface area contributed by atoms with Crippen molar-refractivity contribution in [2.45, 2.75) is 17.1 Å². The minimum atomic E-state index is 0.349. The van der Waals surface area contributed by atoms with Crippen LogP contribution in [0.1, 0.15) is 15.7 Å². The van der Waals surface area contributed by atoms with E-state index in [0.29, 0.717) is 11.8 Å². The van der Waals surface area contributed by atoms with E-state index in [-0.39, 0.29) is 0 Å². The van der Waals surface area contributed by atoms with Crippen molar-refractivity contribution in [3.05, 3.63) is 46.4 Å². The predicted octanol–water partition coefficient (Wildman–Crippen LogP) is 3.24. The molecule has 16 heavy (non-hydrogen) atoms. The molecule has 0 aromatic carbocycles. The first-order valence-electron chi connectivity index (χ1n) is 5.12. The highest BCUT2D eigenvalue weighted by atomic mass is 32.2. The number of pyridine rings is 1. The van der Waals surface area contributed by atoms with Gasteiger partial charge in [-0.15, -0.1) is 23.1 Å². The van der Waals surface area contributed by atoms with Crippen molar-refractivity contribution in [3.63, 3.8) is 0 Å². The molecule has 0 saturated heterocycles. The summed E-state index contributed by atoms with van der Waals surface area (Å²) in [6.07, 6.45) is 3.63. The van der Waals surface area contributed by atoms with E-state index < -0.39 is 0 Å². The number of aryl methyl sites for hydroxylation is 1. The molecule has 0 radical (unpaired) electrons. The van der Waals surface area contributed by atoms with Crippen molar-refractivity contribution in [2.24, 2.45) is 5.73 Å². The Kier molecular flexibility index (Phi) is 3.98. The van der Waals surface area contributed by atoms with Gasteiger partial charge < -0.3 is 5.73 Å². The Labute approximate surface area is 104 Å². The van der Waals surface area contributed by atoms with Crippen LogP contribution in [-0.2, 0) is 0 Å². The van der Waals surface area contributed by atoms with E-state index in [2.05, 4.69) is 23.4 Å². The highest BCUT2D eigenvalue weighted by Gasteiger charge is 2.14. The topological polar surface area (TPSA) is 38.9 Å². The van der Waals surface area contributed by atoms with E-state index >= 15 is 0 Å². The van der Waals surface area contributed by atoms with Crippen LogP contribution in [0.25, 0.3) is 0 Å². The molecule has 2 aromatic rings. The standard InChI is InChI=1S/C12H14N2S2/c1-9-4-7-15-12(9)11(8-13)16-10-2-5-14-6-3-10/h2-7,11H,8,13H2,1H3. The Bertz CT molecular complexity index is 439. The van der Waals surface area contributed by atoms with Gasteiger partial charge in [-0.25, -0.2) is 0 Å². The molecule has 4 heteroatoms. The van der Waals surface area contributed by atoms with E-state index in [0.717, 1.165) is 0 Å².